The minimum atomic E-state index is -0.481. The van der Waals surface area contributed by atoms with Gasteiger partial charge in [-0.2, -0.15) is 0 Å². The van der Waals surface area contributed by atoms with E-state index in [1.807, 2.05) is 0 Å². The Morgan fingerprint density at radius 2 is 1.58 bits per heavy atom. The average Bonchev–Trinajstić information content (AvgIpc) is 2.84. The first-order chi connectivity index (χ1) is 11.6. The zero-order valence-electron chi connectivity index (χ0n) is 12.5. The molecular formula is C16H13N3O5. The van der Waals surface area contributed by atoms with E-state index in [9.17, 15) is 19.7 Å². The molecule has 0 spiro atoms. The molecule has 0 bridgehead atoms. The van der Waals surface area contributed by atoms with Crippen molar-refractivity contribution < 1.29 is 19.3 Å². The van der Waals surface area contributed by atoms with Crippen molar-refractivity contribution in [2.24, 2.45) is 0 Å². The summed E-state index contributed by atoms with van der Waals surface area (Å²) in [5.41, 5.74) is 1.33. The molecule has 1 aliphatic heterocycles. The molecule has 2 amide bonds. The summed E-state index contributed by atoms with van der Waals surface area (Å²) in [6.07, 6.45) is 0. The van der Waals surface area contributed by atoms with Crippen molar-refractivity contribution in [2.45, 2.75) is 0 Å². The molecule has 1 heterocycles. The monoisotopic (exact) mass is 327 g/mol. The standard InChI is InChI=1S/C16H13N3O5/c20-15-13-3-1-2-4-14(13)16(21)18(15)24-10-9-17-11-5-7-12(8-6-11)19(22)23/h1-8,17H,9-10H2. The number of non-ortho nitro benzene ring substituents is 1. The van der Waals surface area contributed by atoms with Crippen molar-refractivity contribution in [2.75, 3.05) is 18.5 Å². The smallest absolute Gasteiger partial charge is 0.285 e. The first-order valence-electron chi connectivity index (χ1n) is 7.17. The summed E-state index contributed by atoms with van der Waals surface area (Å²) in [7, 11) is 0. The van der Waals surface area contributed by atoms with Crippen LogP contribution in [0.2, 0.25) is 0 Å². The molecule has 8 nitrogen and oxygen atoms in total. The lowest BCUT2D eigenvalue weighted by Gasteiger charge is -2.14. The van der Waals surface area contributed by atoms with E-state index < -0.39 is 16.7 Å². The number of hydrogen-bond donors (Lipinski definition) is 1. The van der Waals surface area contributed by atoms with Crippen molar-refractivity contribution in [3.63, 3.8) is 0 Å². The number of amides is 2. The third-order valence-electron chi connectivity index (χ3n) is 3.49. The van der Waals surface area contributed by atoms with Gasteiger partial charge in [0.2, 0.25) is 0 Å². The lowest BCUT2D eigenvalue weighted by molar-refractivity contribution is -0.384. The third-order valence-corrected chi connectivity index (χ3v) is 3.49. The fourth-order valence-electron chi connectivity index (χ4n) is 2.32. The molecule has 0 aliphatic carbocycles. The Bertz CT molecular complexity index is 769. The van der Waals surface area contributed by atoms with E-state index in [0.717, 1.165) is 5.06 Å². The number of rotatable bonds is 6. The molecule has 0 aromatic heterocycles. The van der Waals surface area contributed by atoms with Crippen LogP contribution in [0.15, 0.2) is 48.5 Å². The predicted octanol–water partition coefficient (Wildman–Crippen LogP) is 2.23. The zero-order valence-corrected chi connectivity index (χ0v) is 12.5. The summed E-state index contributed by atoms with van der Waals surface area (Å²) in [6.45, 7) is 0.410. The summed E-state index contributed by atoms with van der Waals surface area (Å²) in [4.78, 5) is 39.5. The SMILES string of the molecule is O=C1c2ccccc2C(=O)N1OCCNc1ccc([N+](=O)[O-])cc1. The molecule has 0 radical (unpaired) electrons. The van der Waals surface area contributed by atoms with Gasteiger partial charge in [0.1, 0.15) is 0 Å². The fraction of sp³-hybridized carbons (Fsp3) is 0.125. The minimum Gasteiger partial charge on any atom is -0.383 e. The van der Waals surface area contributed by atoms with Gasteiger partial charge in [-0.05, 0) is 24.3 Å². The maximum atomic E-state index is 12.1. The van der Waals surface area contributed by atoms with Gasteiger partial charge in [0.25, 0.3) is 17.5 Å². The van der Waals surface area contributed by atoms with Crippen LogP contribution < -0.4 is 5.32 Å². The van der Waals surface area contributed by atoms with Crippen LogP contribution >= 0.6 is 0 Å². The first-order valence-corrected chi connectivity index (χ1v) is 7.17. The van der Waals surface area contributed by atoms with Crippen LogP contribution in [0.3, 0.4) is 0 Å². The van der Waals surface area contributed by atoms with Crippen molar-refractivity contribution in [1.29, 1.82) is 0 Å². The largest absolute Gasteiger partial charge is 0.383 e. The number of carbonyl (C=O) groups is 2. The normalized spacial score (nSPS) is 13.1. The highest BCUT2D eigenvalue weighted by atomic mass is 16.7. The van der Waals surface area contributed by atoms with Crippen molar-refractivity contribution >= 4 is 23.2 Å². The Morgan fingerprint density at radius 1 is 1.00 bits per heavy atom. The van der Waals surface area contributed by atoms with Crippen LogP contribution in [0.4, 0.5) is 11.4 Å². The third kappa shape index (κ3) is 2.95. The lowest BCUT2D eigenvalue weighted by atomic mass is 10.1. The molecule has 3 rings (SSSR count). The Hall–Kier alpha value is -3.26. The quantitative estimate of drug-likeness (QED) is 0.378. The van der Waals surface area contributed by atoms with Gasteiger partial charge in [-0.15, -0.1) is 5.06 Å². The highest BCUT2D eigenvalue weighted by Gasteiger charge is 2.36. The summed E-state index contributed by atoms with van der Waals surface area (Å²) in [6, 6.07) is 12.4. The number of anilines is 1. The Balaban J connectivity index is 1.52. The summed E-state index contributed by atoms with van der Waals surface area (Å²) < 4.78 is 0. The van der Waals surface area contributed by atoms with Crippen LogP contribution in [0.25, 0.3) is 0 Å². The predicted molar refractivity (Wildman–Crippen MR) is 84.5 cm³/mol. The van der Waals surface area contributed by atoms with E-state index >= 15 is 0 Å². The summed E-state index contributed by atoms with van der Waals surface area (Å²) in [5.74, 6) is -0.961. The van der Waals surface area contributed by atoms with E-state index in [0.29, 0.717) is 23.4 Å². The van der Waals surface area contributed by atoms with E-state index in [4.69, 9.17) is 4.84 Å². The summed E-state index contributed by atoms with van der Waals surface area (Å²) in [5, 5.41) is 14.3. The molecular weight excluding hydrogens is 314 g/mol. The number of fused-ring (bicyclic) bond motifs is 1. The zero-order chi connectivity index (χ0) is 17.1. The minimum absolute atomic E-state index is 0.00262. The second kappa shape index (κ2) is 6.47. The van der Waals surface area contributed by atoms with Gasteiger partial charge < -0.3 is 5.32 Å². The number of hydrogen-bond acceptors (Lipinski definition) is 6. The second-order valence-electron chi connectivity index (χ2n) is 5.01. The van der Waals surface area contributed by atoms with E-state index in [2.05, 4.69) is 5.32 Å². The van der Waals surface area contributed by atoms with Crippen molar-refractivity contribution in [3.8, 4) is 0 Å². The number of carbonyl (C=O) groups excluding carboxylic acids is 2. The first kappa shape index (κ1) is 15.6. The van der Waals surface area contributed by atoms with Crippen LogP contribution in [0.1, 0.15) is 20.7 Å². The molecule has 2 aromatic rings. The fourth-order valence-corrected chi connectivity index (χ4v) is 2.32. The number of imide groups is 1. The Kier molecular flexibility index (Phi) is 4.21. The van der Waals surface area contributed by atoms with Gasteiger partial charge in [0, 0.05) is 24.4 Å². The second-order valence-corrected chi connectivity index (χ2v) is 5.01. The van der Waals surface area contributed by atoms with Crippen LogP contribution in [-0.4, -0.2) is 35.0 Å². The van der Waals surface area contributed by atoms with Crippen LogP contribution in [0.5, 0.6) is 0 Å². The molecule has 2 aromatic carbocycles. The molecule has 1 aliphatic rings. The van der Waals surface area contributed by atoms with Gasteiger partial charge in [0.05, 0.1) is 22.7 Å². The molecule has 0 atom stereocenters. The number of benzene rings is 2. The van der Waals surface area contributed by atoms with Gasteiger partial charge >= 0.3 is 0 Å². The number of nitro benzene ring substituents is 1. The van der Waals surface area contributed by atoms with Crippen molar-refractivity contribution in [3.05, 3.63) is 69.8 Å². The molecule has 1 N–H and O–H groups in total. The molecule has 0 saturated heterocycles. The highest BCUT2D eigenvalue weighted by Crippen LogP contribution is 2.22. The average molecular weight is 327 g/mol. The van der Waals surface area contributed by atoms with Crippen LogP contribution in [0, 0.1) is 10.1 Å². The Labute approximate surface area is 136 Å². The lowest BCUT2D eigenvalue weighted by Crippen LogP contribution is -2.31. The topological polar surface area (TPSA) is 102 Å². The van der Waals surface area contributed by atoms with E-state index in [-0.39, 0.29) is 12.3 Å². The number of hydroxylamine groups is 2. The molecule has 0 saturated carbocycles. The number of nitro groups is 1. The maximum absolute atomic E-state index is 12.1. The highest BCUT2D eigenvalue weighted by molar-refractivity contribution is 6.20. The van der Waals surface area contributed by atoms with Crippen molar-refractivity contribution in [1.82, 2.24) is 5.06 Å². The summed E-state index contributed by atoms with van der Waals surface area (Å²) >= 11 is 0. The molecule has 8 heteroatoms. The maximum Gasteiger partial charge on any atom is 0.285 e. The van der Waals surface area contributed by atoms with E-state index in [1.165, 1.54) is 12.1 Å². The molecule has 122 valence electrons. The molecule has 24 heavy (non-hydrogen) atoms. The molecule has 0 unspecified atom stereocenters. The van der Waals surface area contributed by atoms with Crippen LogP contribution in [-0.2, 0) is 4.84 Å². The van der Waals surface area contributed by atoms with E-state index in [1.54, 1.807) is 36.4 Å². The number of nitrogens with zero attached hydrogens (tertiary/aromatic N) is 2. The van der Waals surface area contributed by atoms with Gasteiger partial charge in [-0.25, -0.2) is 0 Å². The number of nitrogens with one attached hydrogen (secondary N) is 1. The van der Waals surface area contributed by atoms with Gasteiger partial charge in [-0.3, -0.25) is 24.5 Å². The molecule has 0 fully saturated rings. The van der Waals surface area contributed by atoms with Gasteiger partial charge in [0.15, 0.2) is 0 Å². The Morgan fingerprint density at radius 3 is 2.12 bits per heavy atom. The van der Waals surface area contributed by atoms with Gasteiger partial charge in [-0.1, -0.05) is 12.1 Å².